The number of carbonyl (C=O) groups is 1. The summed E-state index contributed by atoms with van der Waals surface area (Å²) in [4.78, 5) is 14.8. The van der Waals surface area contributed by atoms with Crippen LogP contribution in [0.2, 0.25) is 0 Å². The van der Waals surface area contributed by atoms with Gasteiger partial charge in [-0.05, 0) is 24.5 Å². The predicted octanol–water partition coefficient (Wildman–Crippen LogP) is 1.35. The van der Waals surface area contributed by atoms with E-state index >= 15 is 0 Å². The lowest BCUT2D eigenvalue weighted by molar-refractivity contribution is -0.107. The molecular formula is C11H11N3O. The highest BCUT2D eigenvalue weighted by Gasteiger charge is 2.27. The number of fused-ring (bicyclic) bond motifs is 1. The summed E-state index contributed by atoms with van der Waals surface area (Å²) in [5, 5.41) is 4.41. The fraction of sp³-hybridized carbons (Fsp3) is 0.364. The summed E-state index contributed by atoms with van der Waals surface area (Å²) >= 11 is 0. The average molecular weight is 201 g/mol. The van der Waals surface area contributed by atoms with E-state index in [2.05, 4.69) is 10.1 Å². The Balaban J connectivity index is 2.05. The molecule has 1 aliphatic rings. The van der Waals surface area contributed by atoms with E-state index in [1.807, 2.05) is 18.3 Å². The summed E-state index contributed by atoms with van der Waals surface area (Å²) in [6, 6.07) is 3.84. The lowest BCUT2D eigenvalue weighted by Gasteiger charge is -1.94. The Kier molecular flexibility index (Phi) is 1.80. The molecule has 1 fully saturated rings. The van der Waals surface area contributed by atoms with Crippen LogP contribution in [0.25, 0.3) is 5.65 Å². The van der Waals surface area contributed by atoms with Crippen LogP contribution in [-0.4, -0.2) is 20.9 Å². The van der Waals surface area contributed by atoms with Gasteiger partial charge in [-0.25, -0.2) is 9.50 Å². The maximum Gasteiger partial charge on any atom is 0.155 e. The highest BCUT2D eigenvalue weighted by Crippen LogP contribution is 2.38. The third-order valence-corrected chi connectivity index (χ3v) is 2.67. The largest absolute Gasteiger partial charge is 0.303 e. The van der Waals surface area contributed by atoms with Crippen molar-refractivity contribution < 1.29 is 4.79 Å². The number of aldehydes is 1. The van der Waals surface area contributed by atoms with Crippen molar-refractivity contribution in [2.75, 3.05) is 0 Å². The summed E-state index contributed by atoms with van der Waals surface area (Å²) in [6.07, 6.45) is 5.63. The van der Waals surface area contributed by atoms with Gasteiger partial charge in [0.05, 0.1) is 0 Å². The number of rotatable bonds is 3. The van der Waals surface area contributed by atoms with Crippen molar-refractivity contribution in [3.05, 3.63) is 29.7 Å². The van der Waals surface area contributed by atoms with Gasteiger partial charge in [0.25, 0.3) is 0 Å². The minimum atomic E-state index is 0.439. The number of hydrogen-bond donors (Lipinski definition) is 0. The highest BCUT2D eigenvalue weighted by atomic mass is 16.1. The molecular weight excluding hydrogens is 190 g/mol. The molecule has 0 unspecified atom stereocenters. The van der Waals surface area contributed by atoms with Crippen LogP contribution < -0.4 is 0 Å². The predicted molar refractivity (Wildman–Crippen MR) is 54.7 cm³/mol. The van der Waals surface area contributed by atoms with Gasteiger partial charge in [-0.3, -0.25) is 0 Å². The van der Waals surface area contributed by atoms with Crippen LogP contribution in [0.3, 0.4) is 0 Å². The average Bonchev–Trinajstić information content (AvgIpc) is 2.99. The van der Waals surface area contributed by atoms with Gasteiger partial charge in [0.1, 0.15) is 6.29 Å². The second kappa shape index (κ2) is 3.15. The first kappa shape index (κ1) is 8.59. The zero-order chi connectivity index (χ0) is 10.3. The van der Waals surface area contributed by atoms with Gasteiger partial charge in [-0.15, -0.1) is 0 Å². The van der Waals surface area contributed by atoms with Crippen molar-refractivity contribution in [3.8, 4) is 0 Å². The number of hydrogen-bond acceptors (Lipinski definition) is 3. The van der Waals surface area contributed by atoms with Gasteiger partial charge in [0.2, 0.25) is 0 Å². The number of pyridine rings is 1. The van der Waals surface area contributed by atoms with Gasteiger partial charge in [-0.2, -0.15) is 5.10 Å². The van der Waals surface area contributed by atoms with Crippen LogP contribution in [0.15, 0.2) is 18.3 Å². The summed E-state index contributed by atoms with van der Waals surface area (Å²) in [7, 11) is 0. The topological polar surface area (TPSA) is 47.3 Å². The van der Waals surface area contributed by atoms with E-state index in [9.17, 15) is 4.79 Å². The molecule has 76 valence electrons. The molecule has 0 radical (unpaired) electrons. The van der Waals surface area contributed by atoms with Crippen LogP contribution in [-0.2, 0) is 11.2 Å². The molecule has 0 amide bonds. The smallest absolute Gasteiger partial charge is 0.155 e. The quantitative estimate of drug-likeness (QED) is 0.704. The summed E-state index contributed by atoms with van der Waals surface area (Å²) in [6.45, 7) is 0. The van der Waals surface area contributed by atoms with E-state index in [-0.39, 0.29) is 0 Å². The number of nitrogens with zero attached hydrogens (tertiary/aromatic N) is 3. The minimum Gasteiger partial charge on any atom is -0.303 e. The summed E-state index contributed by atoms with van der Waals surface area (Å²) in [5.74, 6) is 1.51. The van der Waals surface area contributed by atoms with Crippen LogP contribution in [0, 0.1) is 0 Å². The molecule has 0 aliphatic heterocycles. The first-order valence-corrected chi connectivity index (χ1v) is 5.15. The molecule has 2 aromatic heterocycles. The molecule has 2 aromatic rings. The Hall–Kier alpha value is -1.71. The van der Waals surface area contributed by atoms with Crippen molar-refractivity contribution in [2.24, 2.45) is 0 Å². The van der Waals surface area contributed by atoms with Gasteiger partial charge in [-0.1, -0.05) is 6.07 Å². The molecule has 1 aliphatic carbocycles. The maximum absolute atomic E-state index is 10.4. The highest BCUT2D eigenvalue weighted by molar-refractivity contribution is 5.55. The van der Waals surface area contributed by atoms with Gasteiger partial charge >= 0.3 is 0 Å². The normalized spacial score (nSPS) is 15.7. The Bertz CT molecular complexity index is 514. The fourth-order valence-corrected chi connectivity index (χ4v) is 1.67. The van der Waals surface area contributed by atoms with Gasteiger partial charge in [0, 0.05) is 18.5 Å². The lowest BCUT2D eigenvalue weighted by Crippen LogP contribution is -1.92. The van der Waals surface area contributed by atoms with E-state index in [0.29, 0.717) is 12.3 Å². The Morgan fingerprint density at radius 2 is 2.33 bits per heavy atom. The van der Waals surface area contributed by atoms with Crippen molar-refractivity contribution in [1.82, 2.24) is 14.6 Å². The van der Waals surface area contributed by atoms with Gasteiger partial charge in [0.15, 0.2) is 11.5 Å². The molecule has 4 nitrogen and oxygen atoms in total. The molecule has 0 spiro atoms. The van der Waals surface area contributed by atoms with Crippen LogP contribution in [0.5, 0.6) is 0 Å². The number of aromatic nitrogens is 3. The summed E-state index contributed by atoms with van der Waals surface area (Å²) < 4.78 is 1.77. The van der Waals surface area contributed by atoms with Crippen LogP contribution >= 0.6 is 0 Å². The zero-order valence-corrected chi connectivity index (χ0v) is 8.26. The first-order valence-electron chi connectivity index (χ1n) is 5.15. The molecule has 2 heterocycles. The van der Waals surface area contributed by atoms with E-state index in [1.54, 1.807) is 4.52 Å². The molecule has 15 heavy (non-hydrogen) atoms. The van der Waals surface area contributed by atoms with Crippen LogP contribution in [0.1, 0.15) is 30.1 Å². The monoisotopic (exact) mass is 201 g/mol. The molecule has 0 aromatic carbocycles. The Labute approximate surface area is 86.9 Å². The summed E-state index contributed by atoms with van der Waals surface area (Å²) in [5.41, 5.74) is 1.84. The van der Waals surface area contributed by atoms with Crippen molar-refractivity contribution in [2.45, 2.75) is 25.2 Å². The first-order chi connectivity index (χ1) is 7.36. The maximum atomic E-state index is 10.4. The van der Waals surface area contributed by atoms with Crippen molar-refractivity contribution in [1.29, 1.82) is 0 Å². The van der Waals surface area contributed by atoms with Crippen LogP contribution in [0.4, 0.5) is 0 Å². The van der Waals surface area contributed by atoms with Crippen molar-refractivity contribution >= 4 is 11.9 Å². The van der Waals surface area contributed by atoms with Crippen molar-refractivity contribution in [3.63, 3.8) is 0 Å². The molecule has 1 saturated carbocycles. The number of carbonyl (C=O) groups excluding carboxylic acids is 1. The molecule has 4 heteroatoms. The van der Waals surface area contributed by atoms with E-state index < -0.39 is 0 Å². The third-order valence-electron chi connectivity index (χ3n) is 2.67. The second-order valence-corrected chi connectivity index (χ2v) is 3.96. The SMILES string of the molecule is O=CCc1ccc2nc(C3CC3)nn2c1. The third kappa shape index (κ3) is 1.52. The molecule has 0 bridgehead atoms. The van der Waals surface area contributed by atoms with E-state index in [4.69, 9.17) is 0 Å². The Morgan fingerprint density at radius 3 is 3.07 bits per heavy atom. The van der Waals surface area contributed by atoms with E-state index in [0.717, 1.165) is 23.3 Å². The van der Waals surface area contributed by atoms with Gasteiger partial charge < -0.3 is 4.79 Å². The molecule has 0 N–H and O–H groups in total. The fourth-order valence-electron chi connectivity index (χ4n) is 1.67. The lowest BCUT2D eigenvalue weighted by atomic mass is 10.2. The zero-order valence-electron chi connectivity index (χ0n) is 8.26. The molecule has 3 rings (SSSR count). The molecule has 0 saturated heterocycles. The minimum absolute atomic E-state index is 0.439. The standard InChI is InChI=1S/C11H11N3O/c15-6-5-8-1-4-10-12-11(9-2-3-9)13-14(10)7-8/h1,4,6-7,9H,2-3,5H2. The second-order valence-electron chi connectivity index (χ2n) is 3.96. The molecule has 0 atom stereocenters. The van der Waals surface area contributed by atoms with E-state index in [1.165, 1.54) is 12.8 Å². The Morgan fingerprint density at radius 1 is 1.47 bits per heavy atom.